The molecule has 2 heterocycles. The molecule has 0 spiro atoms. The quantitative estimate of drug-likeness (QED) is 0.701. The maximum atomic E-state index is 14.0. The van der Waals surface area contributed by atoms with Crippen molar-refractivity contribution < 1.29 is 17.6 Å². The molecule has 0 aromatic heterocycles. The van der Waals surface area contributed by atoms with Gasteiger partial charge < -0.3 is 9.80 Å². The van der Waals surface area contributed by atoms with Crippen molar-refractivity contribution in [3.8, 4) is 0 Å². The van der Waals surface area contributed by atoms with Crippen molar-refractivity contribution in [3.63, 3.8) is 0 Å². The van der Waals surface area contributed by atoms with Crippen LogP contribution in [-0.4, -0.2) is 32.3 Å². The number of halogens is 1. The van der Waals surface area contributed by atoms with Crippen LogP contribution in [0.25, 0.3) is 0 Å². The lowest BCUT2D eigenvalue weighted by molar-refractivity contribution is -0.125. The normalized spacial score (nSPS) is 18.0. The Morgan fingerprint density at radius 2 is 1.69 bits per heavy atom. The van der Waals surface area contributed by atoms with E-state index in [1.807, 2.05) is 24.3 Å². The fraction of sp³-hybridized carbons (Fsp3) is 0.318. The molecule has 0 bridgehead atoms. The van der Waals surface area contributed by atoms with Gasteiger partial charge in [-0.25, -0.2) is 12.8 Å². The van der Waals surface area contributed by atoms with Gasteiger partial charge in [-0.05, 0) is 54.7 Å². The second kappa shape index (κ2) is 7.30. The molecule has 0 aliphatic carbocycles. The second-order valence-electron chi connectivity index (χ2n) is 7.72. The molecule has 2 aliphatic heterocycles. The van der Waals surface area contributed by atoms with Crippen molar-refractivity contribution in [2.24, 2.45) is 0 Å². The van der Waals surface area contributed by atoms with Gasteiger partial charge in [0.15, 0.2) is 4.91 Å². The maximum absolute atomic E-state index is 14.0. The minimum absolute atomic E-state index is 0.0584. The van der Waals surface area contributed by atoms with Crippen molar-refractivity contribution in [3.05, 3.63) is 65.0 Å². The predicted octanol–water partition coefficient (Wildman–Crippen LogP) is 4.34. The number of nitrogens with zero attached hydrogens (tertiary/aromatic N) is 2. The summed E-state index contributed by atoms with van der Waals surface area (Å²) >= 11 is 0. The summed E-state index contributed by atoms with van der Waals surface area (Å²) in [6.45, 7) is 5.26. The van der Waals surface area contributed by atoms with Crippen molar-refractivity contribution in [2.75, 3.05) is 18.0 Å². The highest BCUT2D eigenvalue weighted by Crippen LogP contribution is 2.40. The van der Waals surface area contributed by atoms with Gasteiger partial charge in [0.05, 0.1) is 10.6 Å². The average molecular weight is 415 g/mol. The molecule has 152 valence electrons. The number of carbonyl (C=O) groups excluding carboxylic acids is 1. The Bertz CT molecular complexity index is 1090. The van der Waals surface area contributed by atoms with E-state index in [-0.39, 0.29) is 15.5 Å². The molecule has 2 aromatic carbocycles. The lowest BCUT2D eigenvalue weighted by atomic mass is 10.0. The third kappa shape index (κ3) is 3.44. The fourth-order valence-corrected chi connectivity index (χ4v) is 5.28. The Morgan fingerprint density at radius 1 is 1.03 bits per heavy atom. The van der Waals surface area contributed by atoms with Gasteiger partial charge in [0.2, 0.25) is 9.84 Å². The first-order valence-electron chi connectivity index (χ1n) is 9.74. The summed E-state index contributed by atoms with van der Waals surface area (Å²) in [5.74, 6) is -0.690. The van der Waals surface area contributed by atoms with Gasteiger partial charge in [0.25, 0.3) is 5.91 Å². The van der Waals surface area contributed by atoms with Gasteiger partial charge in [-0.3, -0.25) is 4.79 Å². The van der Waals surface area contributed by atoms with Crippen LogP contribution in [0.15, 0.2) is 58.5 Å². The highest BCUT2D eigenvalue weighted by Gasteiger charge is 2.38. The minimum Gasteiger partial charge on any atom is -0.338 e. The number of amides is 1. The van der Waals surface area contributed by atoms with E-state index in [0.29, 0.717) is 24.7 Å². The molecule has 2 aromatic rings. The zero-order valence-corrected chi connectivity index (χ0v) is 17.2. The average Bonchev–Trinajstić information content (AvgIpc) is 3.22. The highest BCUT2D eigenvalue weighted by atomic mass is 32.2. The minimum atomic E-state index is -4.04. The zero-order chi connectivity index (χ0) is 20.8. The van der Waals surface area contributed by atoms with E-state index >= 15 is 0 Å². The van der Waals surface area contributed by atoms with Gasteiger partial charge in [-0.2, -0.15) is 0 Å². The van der Waals surface area contributed by atoms with Gasteiger partial charge in [0.1, 0.15) is 5.82 Å². The maximum Gasteiger partial charge on any atom is 0.267 e. The van der Waals surface area contributed by atoms with E-state index in [1.54, 1.807) is 9.80 Å². The van der Waals surface area contributed by atoms with E-state index in [1.165, 1.54) is 18.3 Å². The van der Waals surface area contributed by atoms with E-state index in [4.69, 9.17) is 0 Å². The van der Waals surface area contributed by atoms with Crippen LogP contribution in [0.5, 0.6) is 0 Å². The molecule has 1 fully saturated rings. The zero-order valence-electron chi connectivity index (χ0n) is 16.4. The number of hydrogen-bond acceptors (Lipinski definition) is 4. The highest BCUT2D eigenvalue weighted by molar-refractivity contribution is 7.96. The Labute approximate surface area is 170 Å². The van der Waals surface area contributed by atoms with Crippen LogP contribution in [0.4, 0.5) is 15.8 Å². The molecule has 1 amide bonds. The molecule has 0 radical (unpaired) electrons. The SMILES string of the molecule is CC(C)c1ccc(N2C=C(C(=O)N3CCCC3)S(=O)(=O)c3ccc(F)cc32)cc1. The fourth-order valence-electron chi connectivity index (χ4n) is 3.76. The number of hydrogen-bond donors (Lipinski definition) is 0. The molecule has 0 atom stereocenters. The summed E-state index contributed by atoms with van der Waals surface area (Å²) in [6.07, 6.45) is 3.06. The standard InChI is InChI=1S/C22H23FN2O3S/c1-15(2)16-5-8-18(9-6-16)25-14-21(22(26)24-11-3-4-12-24)29(27,28)20-10-7-17(23)13-19(20)25/h5-10,13-15H,3-4,11-12H2,1-2H3. The Morgan fingerprint density at radius 3 is 2.31 bits per heavy atom. The van der Waals surface area contributed by atoms with E-state index in [0.717, 1.165) is 24.5 Å². The summed E-state index contributed by atoms with van der Waals surface area (Å²) in [5, 5.41) is 0. The smallest absolute Gasteiger partial charge is 0.267 e. The summed E-state index contributed by atoms with van der Waals surface area (Å²) in [6, 6.07) is 11.2. The van der Waals surface area contributed by atoms with Crippen LogP contribution < -0.4 is 4.90 Å². The van der Waals surface area contributed by atoms with Crippen LogP contribution >= 0.6 is 0 Å². The molecule has 0 saturated carbocycles. The lowest BCUT2D eigenvalue weighted by Crippen LogP contribution is -2.35. The van der Waals surface area contributed by atoms with Crippen LogP contribution in [0.1, 0.15) is 38.2 Å². The second-order valence-corrected chi connectivity index (χ2v) is 9.61. The summed E-state index contributed by atoms with van der Waals surface area (Å²) in [5.41, 5.74) is 2.01. The summed E-state index contributed by atoms with van der Waals surface area (Å²) in [4.78, 5) is 15.8. The Hall–Kier alpha value is -2.67. The number of benzene rings is 2. The third-order valence-electron chi connectivity index (χ3n) is 5.45. The van der Waals surface area contributed by atoms with Crippen LogP contribution in [0, 0.1) is 5.82 Å². The first-order valence-corrected chi connectivity index (χ1v) is 11.2. The number of anilines is 2. The Balaban J connectivity index is 1.86. The van der Waals surface area contributed by atoms with E-state index in [9.17, 15) is 17.6 Å². The first kappa shape index (κ1) is 19.6. The summed E-state index contributed by atoms with van der Waals surface area (Å²) in [7, 11) is -4.04. The van der Waals surface area contributed by atoms with Crippen molar-refractivity contribution in [1.82, 2.24) is 4.90 Å². The van der Waals surface area contributed by atoms with Crippen molar-refractivity contribution in [1.29, 1.82) is 0 Å². The number of sulfone groups is 1. The topological polar surface area (TPSA) is 57.7 Å². The molecule has 1 saturated heterocycles. The number of fused-ring (bicyclic) bond motifs is 1. The first-order chi connectivity index (χ1) is 13.8. The molecule has 5 nitrogen and oxygen atoms in total. The molecular formula is C22H23FN2O3S. The van der Waals surface area contributed by atoms with Crippen LogP contribution in [-0.2, 0) is 14.6 Å². The number of carbonyl (C=O) groups is 1. The molecule has 0 unspecified atom stereocenters. The van der Waals surface area contributed by atoms with Crippen molar-refractivity contribution in [2.45, 2.75) is 37.5 Å². The van der Waals surface area contributed by atoms with E-state index in [2.05, 4.69) is 13.8 Å². The number of rotatable bonds is 3. The van der Waals surface area contributed by atoms with Crippen LogP contribution in [0.3, 0.4) is 0 Å². The van der Waals surface area contributed by atoms with Gasteiger partial charge in [-0.15, -0.1) is 0 Å². The molecule has 4 rings (SSSR count). The van der Waals surface area contributed by atoms with Gasteiger partial charge >= 0.3 is 0 Å². The van der Waals surface area contributed by atoms with E-state index < -0.39 is 21.6 Å². The summed E-state index contributed by atoms with van der Waals surface area (Å²) < 4.78 is 40.3. The monoisotopic (exact) mass is 414 g/mol. The van der Waals surface area contributed by atoms with Crippen LogP contribution in [0.2, 0.25) is 0 Å². The Kier molecular flexibility index (Phi) is 4.94. The lowest BCUT2D eigenvalue weighted by Gasteiger charge is -2.30. The van der Waals surface area contributed by atoms with Crippen molar-refractivity contribution >= 4 is 27.1 Å². The predicted molar refractivity (Wildman–Crippen MR) is 110 cm³/mol. The molecule has 0 N–H and O–H groups in total. The largest absolute Gasteiger partial charge is 0.338 e. The molecule has 2 aliphatic rings. The molecular weight excluding hydrogens is 391 g/mol. The molecule has 7 heteroatoms. The van der Waals surface area contributed by atoms with Gasteiger partial charge in [0, 0.05) is 25.0 Å². The number of likely N-dealkylation sites (tertiary alicyclic amines) is 1. The third-order valence-corrected chi connectivity index (χ3v) is 7.23. The van der Waals surface area contributed by atoms with Gasteiger partial charge in [-0.1, -0.05) is 26.0 Å². The molecule has 29 heavy (non-hydrogen) atoms.